The fourth-order valence-corrected chi connectivity index (χ4v) is 2.47. The monoisotopic (exact) mass is 249 g/mol. The van der Waals surface area contributed by atoms with E-state index >= 15 is 0 Å². The second-order valence-electron chi connectivity index (χ2n) is 5.67. The Kier molecular flexibility index (Phi) is 3.20. The number of phenolic OH excluding ortho intramolecular Hbond substituents is 2. The zero-order valence-electron chi connectivity index (χ0n) is 10.8. The van der Waals surface area contributed by atoms with Gasteiger partial charge in [0.15, 0.2) is 11.5 Å². The number of aromatic hydroxyl groups is 2. The van der Waals surface area contributed by atoms with Crippen molar-refractivity contribution in [2.24, 2.45) is 5.41 Å². The van der Waals surface area contributed by atoms with Crippen molar-refractivity contribution in [1.29, 1.82) is 0 Å². The Bertz CT molecular complexity index is 468. The van der Waals surface area contributed by atoms with Gasteiger partial charge in [0.2, 0.25) is 0 Å². The van der Waals surface area contributed by atoms with E-state index in [0.29, 0.717) is 13.1 Å². The molecule has 1 saturated heterocycles. The number of likely N-dealkylation sites (tertiary alicyclic amines) is 1. The lowest BCUT2D eigenvalue weighted by Crippen LogP contribution is -2.43. The highest BCUT2D eigenvalue weighted by molar-refractivity contribution is 5.97. The molecule has 98 valence electrons. The highest BCUT2D eigenvalue weighted by Gasteiger charge is 2.30. The molecule has 0 aromatic heterocycles. The van der Waals surface area contributed by atoms with E-state index in [1.807, 2.05) is 0 Å². The summed E-state index contributed by atoms with van der Waals surface area (Å²) in [5.41, 5.74) is 0.285. The Morgan fingerprint density at radius 1 is 1.33 bits per heavy atom. The fraction of sp³-hybridized carbons (Fsp3) is 0.500. The molecule has 4 heteroatoms. The third-order valence-corrected chi connectivity index (χ3v) is 3.43. The summed E-state index contributed by atoms with van der Waals surface area (Å²) in [7, 11) is 0. The number of piperidine rings is 1. The van der Waals surface area contributed by atoms with E-state index in [0.717, 1.165) is 12.8 Å². The van der Waals surface area contributed by atoms with Crippen LogP contribution in [0.4, 0.5) is 0 Å². The minimum atomic E-state index is -0.328. The molecule has 0 aliphatic carbocycles. The zero-order chi connectivity index (χ0) is 13.3. The Morgan fingerprint density at radius 3 is 2.72 bits per heavy atom. The molecule has 1 aromatic rings. The molecular formula is C14H19NO3. The van der Waals surface area contributed by atoms with Crippen molar-refractivity contribution < 1.29 is 15.0 Å². The first-order valence-corrected chi connectivity index (χ1v) is 6.21. The molecule has 1 aliphatic heterocycles. The van der Waals surface area contributed by atoms with Crippen LogP contribution >= 0.6 is 0 Å². The van der Waals surface area contributed by atoms with Crippen molar-refractivity contribution in [3.63, 3.8) is 0 Å². The summed E-state index contributed by atoms with van der Waals surface area (Å²) in [5, 5.41) is 19.2. The van der Waals surface area contributed by atoms with Gasteiger partial charge in [-0.05, 0) is 30.4 Å². The molecule has 0 spiro atoms. The Hall–Kier alpha value is -1.71. The highest BCUT2D eigenvalue weighted by atomic mass is 16.3. The van der Waals surface area contributed by atoms with E-state index in [1.54, 1.807) is 17.0 Å². The summed E-state index contributed by atoms with van der Waals surface area (Å²) >= 11 is 0. The molecule has 0 bridgehead atoms. The molecular weight excluding hydrogens is 230 g/mol. The summed E-state index contributed by atoms with van der Waals surface area (Å²) in [4.78, 5) is 14.1. The number of nitrogens with zero attached hydrogens (tertiary/aromatic N) is 1. The normalized spacial score (nSPS) is 18.7. The van der Waals surface area contributed by atoms with Gasteiger partial charge in [0.25, 0.3) is 5.91 Å². The number of carbonyl (C=O) groups is 1. The zero-order valence-corrected chi connectivity index (χ0v) is 10.8. The second-order valence-corrected chi connectivity index (χ2v) is 5.67. The smallest absolute Gasteiger partial charge is 0.257 e. The van der Waals surface area contributed by atoms with Gasteiger partial charge in [0.1, 0.15) is 0 Å². The first-order chi connectivity index (χ1) is 8.41. The third kappa shape index (κ3) is 2.42. The van der Waals surface area contributed by atoms with Gasteiger partial charge in [0, 0.05) is 13.1 Å². The Balaban J connectivity index is 2.23. The van der Waals surface area contributed by atoms with Gasteiger partial charge in [-0.1, -0.05) is 19.9 Å². The molecule has 18 heavy (non-hydrogen) atoms. The molecule has 0 radical (unpaired) electrons. The van der Waals surface area contributed by atoms with Crippen LogP contribution in [0.3, 0.4) is 0 Å². The first-order valence-electron chi connectivity index (χ1n) is 6.21. The maximum Gasteiger partial charge on any atom is 0.257 e. The number of amides is 1. The summed E-state index contributed by atoms with van der Waals surface area (Å²) in [6, 6.07) is 4.47. The number of benzene rings is 1. The van der Waals surface area contributed by atoms with E-state index < -0.39 is 0 Å². The molecule has 0 saturated carbocycles. The molecule has 2 rings (SSSR count). The summed E-state index contributed by atoms with van der Waals surface area (Å²) in [6.45, 7) is 5.65. The molecule has 0 atom stereocenters. The second kappa shape index (κ2) is 4.52. The standard InChI is InChI=1S/C14H19NO3/c1-14(2)7-4-8-15(9-14)13(18)10-5-3-6-11(16)12(10)17/h3,5-6,16-17H,4,7-9H2,1-2H3. The maximum atomic E-state index is 12.3. The fourth-order valence-electron chi connectivity index (χ4n) is 2.47. The van der Waals surface area contributed by atoms with Crippen LogP contribution in [0.5, 0.6) is 11.5 Å². The Labute approximate surface area is 107 Å². The maximum absolute atomic E-state index is 12.3. The third-order valence-electron chi connectivity index (χ3n) is 3.43. The van der Waals surface area contributed by atoms with Crippen molar-refractivity contribution >= 4 is 5.91 Å². The van der Waals surface area contributed by atoms with Crippen LogP contribution in [0.1, 0.15) is 37.0 Å². The molecule has 1 fully saturated rings. The molecule has 1 aromatic carbocycles. The van der Waals surface area contributed by atoms with Crippen molar-refractivity contribution in [3.05, 3.63) is 23.8 Å². The SMILES string of the molecule is CC1(C)CCCN(C(=O)c2cccc(O)c2O)C1. The number of phenols is 2. The van der Waals surface area contributed by atoms with Crippen LogP contribution in [0.2, 0.25) is 0 Å². The van der Waals surface area contributed by atoms with E-state index in [4.69, 9.17) is 0 Å². The first kappa shape index (κ1) is 12.7. The predicted octanol–water partition coefficient (Wildman–Crippen LogP) is 2.36. The van der Waals surface area contributed by atoms with E-state index in [1.165, 1.54) is 6.07 Å². The van der Waals surface area contributed by atoms with Gasteiger partial charge < -0.3 is 15.1 Å². The lowest BCUT2D eigenvalue weighted by Gasteiger charge is -2.38. The van der Waals surface area contributed by atoms with Crippen molar-refractivity contribution in [2.75, 3.05) is 13.1 Å². The van der Waals surface area contributed by atoms with Crippen LogP contribution in [0.15, 0.2) is 18.2 Å². The summed E-state index contributed by atoms with van der Waals surface area (Å²) in [5.74, 6) is -0.792. The van der Waals surface area contributed by atoms with Crippen LogP contribution < -0.4 is 0 Å². The van der Waals surface area contributed by atoms with Crippen LogP contribution in [0, 0.1) is 5.41 Å². The van der Waals surface area contributed by atoms with Gasteiger partial charge in [-0.2, -0.15) is 0 Å². The molecule has 2 N–H and O–H groups in total. The lowest BCUT2D eigenvalue weighted by atomic mass is 9.84. The number of hydrogen-bond donors (Lipinski definition) is 2. The molecule has 1 heterocycles. The minimum absolute atomic E-state index is 0.111. The molecule has 0 unspecified atom stereocenters. The molecule has 1 aliphatic rings. The van der Waals surface area contributed by atoms with E-state index in [9.17, 15) is 15.0 Å². The van der Waals surface area contributed by atoms with Gasteiger partial charge in [-0.25, -0.2) is 0 Å². The largest absolute Gasteiger partial charge is 0.504 e. The van der Waals surface area contributed by atoms with Gasteiger partial charge in [-0.3, -0.25) is 4.79 Å². The van der Waals surface area contributed by atoms with E-state index in [-0.39, 0.29) is 28.4 Å². The lowest BCUT2D eigenvalue weighted by molar-refractivity contribution is 0.0580. The average molecular weight is 249 g/mol. The topological polar surface area (TPSA) is 60.8 Å². The number of rotatable bonds is 1. The van der Waals surface area contributed by atoms with Crippen LogP contribution in [-0.4, -0.2) is 34.1 Å². The van der Waals surface area contributed by atoms with E-state index in [2.05, 4.69) is 13.8 Å². The van der Waals surface area contributed by atoms with Crippen molar-refractivity contribution in [2.45, 2.75) is 26.7 Å². The molecule has 4 nitrogen and oxygen atoms in total. The van der Waals surface area contributed by atoms with Crippen LogP contribution in [0.25, 0.3) is 0 Å². The van der Waals surface area contributed by atoms with Gasteiger partial charge in [0.05, 0.1) is 5.56 Å². The quantitative estimate of drug-likeness (QED) is 0.751. The minimum Gasteiger partial charge on any atom is -0.504 e. The van der Waals surface area contributed by atoms with Crippen molar-refractivity contribution in [1.82, 2.24) is 4.90 Å². The summed E-state index contributed by atoms with van der Waals surface area (Å²) in [6.07, 6.45) is 2.07. The molecule has 1 amide bonds. The predicted molar refractivity (Wildman–Crippen MR) is 68.7 cm³/mol. The number of carbonyl (C=O) groups excluding carboxylic acids is 1. The van der Waals surface area contributed by atoms with Crippen molar-refractivity contribution in [3.8, 4) is 11.5 Å². The average Bonchev–Trinajstić information content (AvgIpc) is 2.30. The van der Waals surface area contributed by atoms with Gasteiger partial charge >= 0.3 is 0 Å². The summed E-state index contributed by atoms with van der Waals surface area (Å²) < 4.78 is 0. The van der Waals surface area contributed by atoms with Crippen LogP contribution in [-0.2, 0) is 0 Å². The number of para-hydroxylation sites is 1. The number of hydrogen-bond acceptors (Lipinski definition) is 3. The van der Waals surface area contributed by atoms with Gasteiger partial charge in [-0.15, -0.1) is 0 Å². The Morgan fingerprint density at radius 2 is 2.06 bits per heavy atom. The highest BCUT2D eigenvalue weighted by Crippen LogP contribution is 2.33.